The second-order valence-electron chi connectivity index (χ2n) is 7.78. The molecule has 164 valence electrons. The fraction of sp³-hybridized carbons (Fsp3) is 0.435. The number of likely N-dealkylation sites (tertiary alicyclic amines) is 1. The molecule has 31 heavy (non-hydrogen) atoms. The average molecular weight is 425 g/mol. The molecule has 2 atom stereocenters. The lowest BCUT2D eigenvalue weighted by atomic mass is 9.86. The van der Waals surface area contributed by atoms with E-state index in [1.807, 2.05) is 41.0 Å². The minimum atomic E-state index is -0.463. The largest absolute Gasteiger partial charge is 0.497 e. The van der Waals surface area contributed by atoms with E-state index in [1.54, 1.807) is 31.3 Å². The van der Waals surface area contributed by atoms with Crippen LogP contribution in [-0.4, -0.2) is 70.8 Å². The number of carbonyl (C=O) groups is 2. The van der Waals surface area contributed by atoms with E-state index in [1.165, 1.54) is 0 Å². The molecular weight excluding hydrogens is 396 g/mol. The third-order valence-electron chi connectivity index (χ3n) is 6.03. The van der Waals surface area contributed by atoms with Gasteiger partial charge in [-0.1, -0.05) is 18.2 Å². The van der Waals surface area contributed by atoms with Gasteiger partial charge in [-0.3, -0.25) is 14.3 Å². The molecule has 3 heterocycles. The summed E-state index contributed by atoms with van der Waals surface area (Å²) in [5.41, 5.74) is 2.79. The molecule has 4 rings (SSSR count). The summed E-state index contributed by atoms with van der Waals surface area (Å²) >= 11 is 0. The van der Waals surface area contributed by atoms with E-state index in [2.05, 4.69) is 11.2 Å². The highest BCUT2D eigenvalue weighted by atomic mass is 16.5. The Morgan fingerprint density at radius 1 is 1.23 bits per heavy atom. The van der Waals surface area contributed by atoms with E-state index in [9.17, 15) is 9.59 Å². The molecule has 1 fully saturated rings. The number of aryl methyl sites for hydroxylation is 1. The van der Waals surface area contributed by atoms with Crippen LogP contribution in [0.15, 0.2) is 48.3 Å². The van der Waals surface area contributed by atoms with E-state index in [0.29, 0.717) is 31.6 Å². The Bertz CT molecular complexity index is 982. The summed E-state index contributed by atoms with van der Waals surface area (Å²) in [7, 11) is 3.21. The molecular formula is C23H28N4O4. The van der Waals surface area contributed by atoms with Crippen LogP contribution in [0, 0.1) is 0 Å². The third-order valence-corrected chi connectivity index (χ3v) is 6.03. The third kappa shape index (κ3) is 4.07. The molecule has 1 aromatic heterocycles. The fourth-order valence-corrected chi connectivity index (χ4v) is 4.21. The number of hydrogen-bond donors (Lipinski definition) is 0. The van der Waals surface area contributed by atoms with E-state index in [0.717, 1.165) is 23.4 Å². The van der Waals surface area contributed by atoms with E-state index >= 15 is 0 Å². The Kier molecular flexibility index (Phi) is 6.08. The van der Waals surface area contributed by atoms with Gasteiger partial charge < -0.3 is 19.3 Å². The van der Waals surface area contributed by atoms with Crippen molar-refractivity contribution in [2.24, 2.45) is 0 Å². The Morgan fingerprint density at radius 2 is 2.00 bits per heavy atom. The van der Waals surface area contributed by atoms with E-state index in [4.69, 9.17) is 9.47 Å². The van der Waals surface area contributed by atoms with Crippen LogP contribution in [0.3, 0.4) is 0 Å². The number of hydrogen-bond acceptors (Lipinski definition) is 5. The summed E-state index contributed by atoms with van der Waals surface area (Å²) in [5, 5.41) is 4.19. The topological polar surface area (TPSA) is 76.9 Å². The first kappa shape index (κ1) is 21.1. The number of benzene rings is 1. The molecule has 1 saturated heterocycles. The smallest absolute Gasteiger partial charge is 0.257 e. The van der Waals surface area contributed by atoms with Crippen molar-refractivity contribution in [2.45, 2.75) is 38.6 Å². The first-order valence-electron chi connectivity index (χ1n) is 10.5. The standard InChI is InChI=1S/C23H28N4O4/c1-4-26-15-18(13-24-26)22(28)25-11-9-17(10-12-25)20-21(31-3)23(29)27(20)14-16-5-7-19(30-2)8-6-16/h5-9,13,15,20-21H,4,10-12,14H2,1-3H3/t20-,21+/m0/s1. The number of β-lactam (4-membered cyclic amide) rings is 1. The summed E-state index contributed by atoms with van der Waals surface area (Å²) in [6, 6.07) is 7.63. The van der Waals surface area contributed by atoms with Crippen molar-refractivity contribution in [2.75, 3.05) is 27.3 Å². The van der Waals surface area contributed by atoms with Crippen molar-refractivity contribution < 1.29 is 19.1 Å². The number of carbonyl (C=O) groups excluding carboxylic acids is 2. The molecule has 0 aliphatic carbocycles. The Hall–Kier alpha value is -3.13. The average Bonchev–Trinajstić information content (AvgIpc) is 3.30. The van der Waals surface area contributed by atoms with Gasteiger partial charge in [-0.05, 0) is 36.6 Å². The zero-order valence-corrected chi connectivity index (χ0v) is 18.2. The molecule has 0 bridgehead atoms. The fourth-order valence-electron chi connectivity index (χ4n) is 4.21. The van der Waals surface area contributed by atoms with Crippen LogP contribution in [0.5, 0.6) is 5.75 Å². The van der Waals surface area contributed by atoms with Crippen molar-refractivity contribution in [3.63, 3.8) is 0 Å². The predicted molar refractivity (Wildman–Crippen MR) is 115 cm³/mol. The molecule has 0 saturated carbocycles. The molecule has 2 amide bonds. The summed E-state index contributed by atoms with van der Waals surface area (Å²) in [5.74, 6) is 0.766. The summed E-state index contributed by atoms with van der Waals surface area (Å²) < 4.78 is 12.4. The summed E-state index contributed by atoms with van der Waals surface area (Å²) in [4.78, 5) is 29.1. The lowest BCUT2D eigenvalue weighted by Crippen LogP contribution is -2.66. The Labute approximate surface area is 182 Å². The Morgan fingerprint density at radius 3 is 2.58 bits per heavy atom. The molecule has 2 aliphatic rings. The highest BCUT2D eigenvalue weighted by Crippen LogP contribution is 2.33. The lowest BCUT2D eigenvalue weighted by molar-refractivity contribution is -0.168. The maximum Gasteiger partial charge on any atom is 0.257 e. The van der Waals surface area contributed by atoms with Crippen LogP contribution in [0.25, 0.3) is 0 Å². The zero-order valence-electron chi connectivity index (χ0n) is 18.2. The SMILES string of the molecule is CCn1cc(C(=O)N2CC=C([C@H]3[C@@H](OC)C(=O)N3Cc3ccc(OC)cc3)CC2)cn1. The van der Waals surface area contributed by atoms with Gasteiger partial charge in [0.2, 0.25) is 0 Å². The van der Waals surface area contributed by atoms with E-state index < -0.39 is 6.10 Å². The number of amides is 2. The summed E-state index contributed by atoms with van der Waals surface area (Å²) in [6.45, 7) is 4.36. The summed E-state index contributed by atoms with van der Waals surface area (Å²) in [6.07, 6.45) is 5.71. The van der Waals surface area contributed by atoms with Crippen molar-refractivity contribution in [1.29, 1.82) is 0 Å². The van der Waals surface area contributed by atoms with Gasteiger partial charge in [0.15, 0.2) is 6.10 Å². The monoisotopic (exact) mass is 424 g/mol. The minimum Gasteiger partial charge on any atom is -0.497 e. The quantitative estimate of drug-likeness (QED) is 0.503. The van der Waals surface area contributed by atoms with Crippen molar-refractivity contribution in [3.05, 3.63) is 59.4 Å². The first-order chi connectivity index (χ1) is 15.0. The molecule has 8 heteroatoms. The molecule has 2 aliphatic heterocycles. The molecule has 1 aromatic carbocycles. The molecule has 0 N–H and O–H groups in total. The molecule has 0 spiro atoms. The number of aromatic nitrogens is 2. The van der Waals surface area contributed by atoms with Gasteiger partial charge >= 0.3 is 0 Å². The van der Waals surface area contributed by atoms with Gasteiger partial charge in [-0.15, -0.1) is 0 Å². The number of ether oxygens (including phenoxy) is 2. The second kappa shape index (κ2) is 8.93. The molecule has 2 aromatic rings. The van der Waals surface area contributed by atoms with Gasteiger partial charge in [0.1, 0.15) is 5.75 Å². The maximum absolute atomic E-state index is 12.8. The Balaban J connectivity index is 1.45. The number of rotatable bonds is 7. The van der Waals surface area contributed by atoms with Crippen LogP contribution in [0.1, 0.15) is 29.3 Å². The van der Waals surface area contributed by atoms with Gasteiger partial charge in [0, 0.05) is 39.5 Å². The maximum atomic E-state index is 12.8. The van der Waals surface area contributed by atoms with E-state index in [-0.39, 0.29) is 17.9 Å². The van der Waals surface area contributed by atoms with Gasteiger partial charge in [0.05, 0.1) is 24.9 Å². The van der Waals surface area contributed by atoms with Crippen LogP contribution < -0.4 is 4.74 Å². The molecule has 0 radical (unpaired) electrons. The van der Waals surface area contributed by atoms with Crippen LogP contribution >= 0.6 is 0 Å². The highest BCUT2D eigenvalue weighted by molar-refractivity contribution is 5.94. The number of methoxy groups -OCH3 is 2. The van der Waals surface area contributed by atoms with Crippen LogP contribution in [0.4, 0.5) is 0 Å². The van der Waals surface area contributed by atoms with Gasteiger partial charge in [-0.25, -0.2) is 0 Å². The second-order valence-corrected chi connectivity index (χ2v) is 7.78. The normalized spacial score (nSPS) is 21.0. The predicted octanol–water partition coefficient (Wildman–Crippen LogP) is 2.11. The van der Waals surface area contributed by atoms with Crippen molar-refractivity contribution in [3.8, 4) is 5.75 Å². The molecule has 8 nitrogen and oxygen atoms in total. The highest BCUT2D eigenvalue weighted by Gasteiger charge is 2.49. The van der Waals surface area contributed by atoms with Crippen molar-refractivity contribution >= 4 is 11.8 Å². The zero-order chi connectivity index (χ0) is 22.0. The number of nitrogens with zero attached hydrogens (tertiary/aromatic N) is 4. The van der Waals surface area contributed by atoms with Crippen LogP contribution in [-0.2, 0) is 22.6 Å². The molecule has 0 unspecified atom stereocenters. The lowest BCUT2D eigenvalue weighted by Gasteiger charge is -2.48. The first-order valence-corrected chi connectivity index (χ1v) is 10.5. The minimum absolute atomic E-state index is 0.00490. The van der Waals surface area contributed by atoms with Crippen molar-refractivity contribution in [1.82, 2.24) is 19.6 Å². The van der Waals surface area contributed by atoms with Gasteiger partial charge in [0.25, 0.3) is 11.8 Å². The van der Waals surface area contributed by atoms with Gasteiger partial charge in [-0.2, -0.15) is 5.10 Å². The van der Waals surface area contributed by atoms with Crippen LogP contribution in [0.2, 0.25) is 0 Å².